The standard InChI is InChI=1S/C11H17N5O6S/c17-10-15-4-7(16(10)22-23(18,19)20)1-2-9(15)8-3-11(21-14-8)5-12-13-6-11/h7,9,12-13H,1-6H2,(H,18,19,20)/t7-,9+/m1/s1. The van der Waals surface area contributed by atoms with E-state index in [0.29, 0.717) is 38.9 Å². The molecule has 12 heteroatoms. The topological polar surface area (TPSA) is 133 Å². The van der Waals surface area contributed by atoms with E-state index in [2.05, 4.69) is 20.3 Å². The van der Waals surface area contributed by atoms with Crippen LogP contribution in [-0.2, 0) is 19.5 Å². The third-order valence-electron chi connectivity index (χ3n) is 4.69. The summed E-state index contributed by atoms with van der Waals surface area (Å²) in [6.07, 6.45) is 1.80. The maximum absolute atomic E-state index is 12.4. The van der Waals surface area contributed by atoms with Crippen molar-refractivity contribution in [3.8, 4) is 0 Å². The van der Waals surface area contributed by atoms with E-state index in [1.54, 1.807) is 0 Å². The summed E-state index contributed by atoms with van der Waals surface area (Å²) in [7, 11) is -4.73. The van der Waals surface area contributed by atoms with Crippen LogP contribution in [0.4, 0.5) is 4.79 Å². The lowest BCUT2D eigenvalue weighted by molar-refractivity contribution is -0.0316. The fourth-order valence-electron chi connectivity index (χ4n) is 3.61. The van der Waals surface area contributed by atoms with Gasteiger partial charge in [-0.15, -0.1) is 4.28 Å². The zero-order chi connectivity index (χ0) is 16.2. The molecule has 2 bridgehead atoms. The van der Waals surface area contributed by atoms with Crippen molar-refractivity contribution in [2.75, 3.05) is 19.6 Å². The molecule has 0 saturated carbocycles. The highest BCUT2D eigenvalue weighted by molar-refractivity contribution is 7.80. The average Bonchev–Trinajstić information content (AvgIpc) is 3.17. The lowest BCUT2D eigenvalue weighted by atomic mass is 9.90. The number of hydroxylamine groups is 2. The van der Waals surface area contributed by atoms with E-state index in [9.17, 15) is 13.2 Å². The molecule has 2 atom stereocenters. The second-order valence-electron chi connectivity index (χ2n) is 6.25. The van der Waals surface area contributed by atoms with E-state index in [0.717, 1.165) is 10.8 Å². The van der Waals surface area contributed by atoms with Gasteiger partial charge < -0.3 is 9.74 Å². The van der Waals surface area contributed by atoms with Crippen molar-refractivity contribution in [3.63, 3.8) is 0 Å². The molecule has 2 amide bonds. The highest BCUT2D eigenvalue weighted by atomic mass is 32.3. The Balaban J connectivity index is 1.50. The summed E-state index contributed by atoms with van der Waals surface area (Å²) in [5.41, 5.74) is 6.36. The molecule has 4 rings (SSSR count). The number of hydrogen-bond donors (Lipinski definition) is 3. The van der Waals surface area contributed by atoms with Crippen LogP contribution < -0.4 is 10.9 Å². The van der Waals surface area contributed by atoms with Gasteiger partial charge in [0, 0.05) is 13.0 Å². The summed E-state index contributed by atoms with van der Waals surface area (Å²) >= 11 is 0. The van der Waals surface area contributed by atoms with Crippen molar-refractivity contribution in [1.29, 1.82) is 0 Å². The number of nitrogens with zero attached hydrogens (tertiary/aromatic N) is 3. The molecular weight excluding hydrogens is 330 g/mol. The first-order valence-corrected chi connectivity index (χ1v) is 8.71. The normalized spacial score (nSPS) is 32.6. The highest BCUT2D eigenvalue weighted by Crippen LogP contribution is 2.35. The molecule has 0 aromatic carbocycles. The predicted molar refractivity (Wildman–Crippen MR) is 75.3 cm³/mol. The number of fused-ring (bicyclic) bond motifs is 2. The number of rotatable bonds is 3. The molecule has 4 aliphatic rings. The Morgan fingerprint density at radius 1 is 1.35 bits per heavy atom. The average molecular weight is 347 g/mol. The molecule has 4 aliphatic heterocycles. The molecule has 1 spiro atoms. The number of amides is 2. The van der Waals surface area contributed by atoms with Crippen LogP contribution in [0.5, 0.6) is 0 Å². The first-order chi connectivity index (χ1) is 10.9. The quantitative estimate of drug-likeness (QED) is 0.532. The minimum Gasteiger partial charge on any atom is -0.386 e. The lowest BCUT2D eigenvalue weighted by Crippen LogP contribution is -2.46. The maximum atomic E-state index is 12.4. The predicted octanol–water partition coefficient (Wildman–Crippen LogP) is -1.39. The summed E-state index contributed by atoms with van der Waals surface area (Å²) in [6, 6.07) is -1.22. The van der Waals surface area contributed by atoms with E-state index < -0.39 is 28.1 Å². The second kappa shape index (κ2) is 5.01. The Hall–Kier alpha value is -1.47. The Morgan fingerprint density at radius 3 is 2.78 bits per heavy atom. The van der Waals surface area contributed by atoms with Crippen molar-refractivity contribution in [3.05, 3.63) is 0 Å². The van der Waals surface area contributed by atoms with Gasteiger partial charge in [-0.05, 0) is 12.8 Å². The van der Waals surface area contributed by atoms with Crippen molar-refractivity contribution < 1.29 is 26.9 Å². The van der Waals surface area contributed by atoms with Crippen LogP contribution in [0.2, 0.25) is 0 Å². The number of urea groups is 1. The summed E-state index contributed by atoms with van der Waals surface area (Å²) in [4.78, 5) is 19.5. The molecule has 128 valence electrons. The smallest absolute Gasteiger partial charge is 0.386 e. The summed E-state index contributed by atoms with van der Waals surface area (Å²) in [5.74, 6) is 0. The molecule has 0 aromatic rings. The highest BCUT2D eigenvalue weighted by Gasteiger charge is 2.52. The second-order valence-corrected chi connectivity index (χ2v) is 7.26. The minimum absolute atomic E-state index is 0.242. The summed E-state index contributed by atoms with van der Waals surface area (Å²) in [5, 5.41) is 4.90. The number of carbonyl (C=O) groups excluding carboxylic acids is 1. The van der Waals surface area contributed by atoms with E-state index in [4.69, 9.17) is 9.39 Å². The zero-order valence-electron chi connectivity index (χ0n) is 12.1. The maximum Gasteiger partial charge on any atom is 0.418 e. The third kappa shape index (κ3) is 2.55. The molecule has 23 heavy (non-hydrogen) atoms. The van der Waals surface area contributed by atoms with Crippen LogP contribution in [0.3, 0.4) is 0 Å². The van der Waals surface area contributed by atoms with Crippen LogP contribution in [0.1, 0.15) is 19.3 Å². The van der Waals surface area contributed by atoms with Crippen LogP contribution in [-0.4, -0.2) is 72.0 Å². The van der Waals surface area contributed by atoms with Crippen LogP contribution >= 0.6 is 0 Å². The van der Waals surface area contributed by atoms with E-state index >= 15 is 0 Å². The van der Waals surface area contributed by atoms with Gasteiger partial charge in [0.1, 0.15) is 0 Å². The van der Waals surface area contributed by atoms with Gasteiger partial charge in [-0.25, -0.2) is 4.79 Å². The SMILES string of the molecule is O=C1N2C[C@@H](CC[C@H]2C2=NOC3(CNNC3)C2)N1OS(=O)(=O)O. The summed E-state index contributed by atoms with van der Waals surface area (Å²) in [6.45, 7) is 1.59. The first-order valence-electron chi connectivity index (χ1n) is 7.34. The van der Waals surface area contributed by atoms with E-state index in [-0.39, 0.29) is 6.04 Å². The molecule has 0 unspecified atom stereocenters. The monoisotopic (exact) mass is 347 g/mol. The van der Waals surface area contributed by atoms with Crippen molar-refractivity contribution in [1.82, 2.24) is 20.8 Å². The van der Waals surface area contributed by atoms with Gasteiger partial charge in [0.25, 0.3) is 0 Å². The number of nitrogens with one attached hydrogen (secondary N) is 2. The van der Waals surface area contributed by atoms with Gasteiger partial charge in [0.05, 0.1) is 30.9 Å². The van der Waals surface area contributed by atoms with Crippen molar-refractivity contribution in [2.24, 2.45) is 5.16 Å². The van der Waals surface area contributed by atoms with Crippen molar-refractivity contribution in [2.45, 2.75) is 36.9 Å². The molecule has 3 saturated heterocycles. The fraction of sp³-hybridized carbons (Fsp3) is 0.818. The number of hydrazine groups is 1. The van der Waals surface area contributed by atoms with Gasteiger partial charge in [0.15, 0.2) is 5.60 Å². The molecular formula is C11H17N5O6S. The Labute approximate surface area is 132 Å². The first kappa shape index (κ1) is 15.1. The minimum atomic E-state index is -4.73. The fourth-order valence-corrected chi connectivity index (χ4v) is 3.99. The Morgan fingerprint density at radius 2 is 2.09 bits per heavy atom. The van der Waals surface area contributed by atoms with Gasteiger partial charge in [-0.1, -0.05) is 5.16 Å². The van der Waals surface area contributed by atoms with Crippen LogP contribution in [0, 0.1) is 0 Å². The van der Waals surface area contributed by atoms with Gasteiger partial charge in [0.2, 0.25) is 0 Å². The number of oxime groups is 1. The molecule has 11 nitrogen and oxygen atoms in total. The molecule has 0 radical (unpaired) electrons. The molecule has 4 heterocycles. The lowest BCUT2D eigenvalue weighted by Gasteiger charge is -2.30. The van der Waals surface area contributed by atoms with Gasteiger partial charge in [-0.3, -0.25) is 15.4 Å². The molecule has 3 N–H and O–H groups in total. The van der Waals surface area contributed by atoms with Gasteiger partial charge >= 0.3 is 16.4 Å². The largest absolute Gasteiger partial charge is 0.418 e. The Bertz CT molecular complexity index is 660. The van der Waals surface area contributed by atoms with Gasteiger partial charge in [-0.2, -0.15) is 13.5 Å². The molecule has 0 aliphatic carbocycles. The van der Waals surface area contributed by atoms with E-state index in [1.165, 1.54) is 4.90 Å². The molecule has 0 aromatic heterocycles. The van der Waals surface area contributed by atoms with Crippen LogP contribution in [0.25, 0.3) is 0 Å². The Kier molecular flexibility index (Phi) is 3.29. The molecule has 3 fully saturated rings. The van der Waals surface area contributed by atoms with Crippen molar-refractivity contribution >= 4 is 22.1 Å². The van der Waals surface area contributed by atoms with E-state index in [1.807, 2.05) is 0 Å². The number of hydrogen-bond acceptors (Lipinski definition) is 8. The summed E-state index contributed by atoms with van der Waals surface area (Å²) < 4.78 is 35.0. The third-order valence-corrected chi connectivity index (χ3v) is 5.04. The van der Waals surface area contributed by atoms with Crippen LogP contribution in [0.15, 0.2) is 5.16 Å². The number of piperidine rings is 1. The zero-order valence-corrected chi connectivity index (χ0v) is 13.0. The number of carbonyl (C=O) groups is 1.